The van der Waals surface area contributed by atoms with Gasteiger partial charge in [-0.05, 0) is 19.1 Å². The molecule has 120 valence electrons. The van der Waals surface area contributed by atoms with E-state index in [9.17, 15) is 14.0 Å². The second-order valence-corrected chi connectivity index (χ2v) is 5.22. The molecule has 22 heavy (non-hydrogen) atoms. The second-order valence-electron chi connectivity index (χ2n) is 5.22. The topological polar surface area (TPSA) is 64.7 Å². The van der Waals surface area contributed by atoms with Crippen LogP contribution in [0.15, 0.2) is 24.3 Å². The van der Waals surface area contributed by atoms with Crippen molar-refractivity contribution in [3.63, 3.8) is 0 Å². The molecule has 0 saturated carbocycles. The van der Waals surface area contributed by atoms with Gasteiger partial charge in [0.2, 0.25) is 5.91 Å². The van der Waals surface area contributed by atoms with Crippen molar-refractivity contribution in [3.05, 3.63) is 30.1 Å². The Kier molecular flexibility index (Phi) is 5.32. The van der Waals surface area contributed by atoms with Crippen LogP contribution in [0, 0.1) is 5.82 Å². The fourth-order valence-electron chi connectivity index (χ4n) is 2.50. The van der Waals surface area contributed by atoms with Crippen molar-refractivity contribution >= 4 is 17.6 Å². The van der Waals surface area contributed by atoms with Gasteiger partial charge in [-0.2, -0.15) is 0 Å². The average molecular weight is 308 g/mol. The molecular formula is C15H21FN4O2. The van der Waals surface area contributed by atoms with Crippen molar-refractivity contribution < 1.29 is 14.0 Å². The smallest absolute Gasteiger partial charge is 0.321 e. The summed E-state index contributed by atoms with van der Waals surface area (Å²) < 4.78 is 13.8. The van der Waals surface area contributed by atoms with Crippen molar-refractivity contribution in [3.8, 4) is 0 Å². The van der Waals surface area contributed by atoms with Gasteiger partial charge in [0.25, 0.3) is 0 Å². The Balaban J connectivity index is 1.90. The maximum Gasteiger partial charge on any atom is 0.321 e. The molecule has 1 aromatic carbocycles. The molecule has 1 heterocycles. The summed E-state index contributed by atoms with van der Waals surface area (Å²) >= 11 is 0. The largest absolute Gasteiger partial charge is 0.367 e. The summed E-state index contributed by atoms with van der Waals surface area (Å²) in [5.74, 6) is -0.569. The van der Waals surface area contributed by atoms with E-state index in [4.69, 9.17) is 0 Å². The molecule has 0 aromatic heterocycles. The van der Waals surface area contributed by atoms with E-state index >= 15 is 0 Å². The molecule has 6 nitrogen and oxygen atoms in total. The molecule has 2 rings (SSSR count). The summed E-state index contributed by atoms with van der Waals surface area (Å²) in [6.45, 7) is 4.31. The molecule has 1 fully saturated rings. The van der Waals surface area contributed by atoms with Gasteiger partial charge in [0.1, 0.15) is 5.82 Å². The van der Waals surface area contributed by atoms with Gasteiger partial charge in [-0.1, -0.05) is 12.1 Å². The molecular weight excluding hydrogens is 287 g/mol. The number of imide groups is 1. The van der Waals surface area contributed by atoms with E-state index in [-0.39, 0.29) is 11.7 Å². The first-order valence-electron chi connectivity index (χ1n) is 7.29. The highest BCUT2D eigenvalue weighted by Crippen LogP contribution is 2.20. The number of carbonyl (C=O) groups excluding carboxylic acids is 2. The number of nitrogens with zero attached hydrogens (tertiary/aromatic N) is 2. The van der Waals surface area contributed by atoms with E-state index in [2.05, 4.69) is 10.6 Å². The number of halogens is 1. The highest BCUT2D eigenvalue weighted by atomic mass is 19.1. The van der Waals surface area contributed by atoms with Crippen LogP contribution < -0.4 is 15.5 Å². The lowest BCUT2D eigenvalue weighted by Gasteiger charge is -2.38. The van der Waals surface area contributed by atoms with Gasteiger partial charge >= 0.3 is 6.03 Å². The zero-order chi connectivity index (χ0) is 16.1. The van der Waals surface area contributed by atoms with Crippen molar-refractivity contribution in [1.82, 2.24) is 15.5 Å². The number of urea groups is 1. The summed E-state index contributed by atoms with van der Waals surface area (Å²) in [7, 11) is 1.46. The number of nitrogens with one attached hydrogen (secondary N) is 2. The molecule has 0 spiro atoms. The van der Waals surface area contributed by atoms with Crippen LogP contribution in [-0.2, 0) is 4.79 Å². The molecule has 0 aliphatic carbocycles. The molecule has 1 atom stereocenters. The monoisotopic (exact) mass is 308 g/mol. The van der Waals surface area contributed by atoms with Crippen LogP contribution in [0.25, 0.3) is 0 Å². The minimum Gasteiger partial charge on any atom is -0.367 e. The van der Waals surface area contributed by atoms with Crippen LogP contribution in [0.1, 0.15) is 6.92 Å². The van der Waals surface area contributed by atoms with Gasteiger partial charge in [0.05, 0.1) is 11.7 Å². The summed E-state index contributed by atoms with van der Waals surface area (Å²) in [4.78, 5) is 27.1. The molecule has 0 bridgehead atoms. The van der Waals surface area contributed by atoms with Crippen LogP contribution in [-0.4, -0.2) is 56.1 Å². The van der Waals surface area contributed by atoms with E-state index in [0.717, 1.165) is 0 Å². The van der Waals surface area contributed by atoms with Crippen LogP contribution in [0.5, 0.6) is 0 Å². The Hall–Kier alpha value is -2.15. The Bertz CT molecular complexity index is 544. The number of benzene rings is 1. The summed E-state index contributed by atoms with van der Waals surface area (Å²) in [5.41, 5.74) is 0.588. The number of piperazine rings is 1. The fourth-order valence-corrected chi connectivity index (χ4v) is 2.50. The van der Waals surface area contributed by atoms with Gasteiger partial charge < -0.3 is 10.2 Å². The molecule has 1 aliphatic heterocycles. The highest BCUT2D eigenvalue weighted by Gasteiger charge is 2.27. The van der Waals surface area contributed by atoms with Crippen LogP contribution in [0.3, 0.4) is 0 Å². The molecule has 0 unspecified atom stereocenters. The van der Waals surface area contributed by atoms with Crippen LogP contribution in [0.4, 0.5) is 14.9 Å². The van der Waals surface area contributed by atoms with Gasteiger partial charge in [0, 0.05) is 33.2 Å². The SMILES string of the molecule is CNC(=O)NC(=O)[C@@H](C)N1CCN(c2ccccc2F)CC1. The summed E-state index contributed by atoms with van der Waals surface area (Å²) in [6.07, 6.45) is 0. The number of para-hydroxylation sites is 1. The van der Waals surface area contributed by atoms with Gasteiger partial charge in [-0.25, -0.2) is 9.18 Å². The van der Waals surface area contributed by atoms with Crippen molar-refractivity contribution in [2.24, 2.45) is 0 Å². The van der Waals surface area contributed by atoms with E-state index in [1.807, 2.05) is 15.9 Å². The Morgan fingerprint density at radius 1 is 1.18 bits per heavy atom. The van der Waals surface area contributed by atoms with Gasteiger partial charge in [0.15, 0.2) is 0 Å². The van der Waals surface area contributed by atoms with Crippen molar-refractivity contribution in [1.29, 1.82) is 0 Å². The maximum absolute atomic E-state index is 13.8. The van der Waals surface area contributed by atoms with E-state index in [0.29, 0.717) is 31.9 Å². The molecule has 3 amide bonds. The summed E-state index contributed by atoms with van der Waals surface area (Å²) in [6, 6.07) is 5.76. The van der Waals surface area contributed by atoms with Gasteiger partial charge in [-0.15, -0.1) is 0 Å². The lowest BCUT2D eigenvalue weighted by Crippen LogP contribution is -2.55. The van der Waals surface area contributed by atoms with E-state index in [1.54, 1.807) is 19.1 Å². The molecule has 1 aliphatic rings. The zero-order valence-electron chi connectivity index (χ0n) is 12.8. The third-order valence-corrected chi connectivity index (χ3v) is 3.90. The average Bonchev–Trinajstić information content (AvgIpc) is 2.54. The number of amides is 3. The second kappa shape index (κ2) is 7.22. The van der Waals surface area contributed by atoms with Gasteiger partial charge in [-0.3, -0.25) is 15.0 Å². The minimum absolute atomic E-state index is 0.235. The first-order chi connectivity index (χ1) is 10.5. The molecule has 7 heteroatoms. The van der Waals surface area contributed by atoms with Crippen LogP contribution >= 0.6 is 0 Å². The lowest BCUT2D eigenvalue weighted by atomic mass is 10.2. The number of hydrogen-bond donors (Lipinski definition) is 2. The summed E-state index contributed by atoms with van der Waals surface area (Å²) in [5, 5.41) is 4.62. The van der Waals surface area contributed by atoms with Crippen molar-refractivity contribution in [2.75, 3.05) is 38.1 Å². The normalized spacial score (nSPS) is 17.0. The van der Waals surface area contributed by atoms with E-state index < -0.39 is 12.1 Å². The number of carbonyl (C=O) groups is 2. The van der Waals surface area contributed by atoms with Crippen molar-refractivity contribution in [2.45, 2.75) is 13.0 Å². The molecule has 2 N–H and O–H groups in total. The number of hydrogen-bond acceptors (Lipinski definition) is 4. The maximum atomic E-state index is 13.8. The first-order valence-corrected chi connectivity index (χ1v) is 7.29. The standard InChI is InChI=1S/C15H21FN4O2/c1-11(14(21)18-15(22)17-2)19-7-9-20(10-8-19)13-6-4-3-5-12(13)16/h3-6,11H,7-10H2,1-2H3,(H2,17,18,21,22)/t11-/m1/s1. The Morgan fingerprint density at radius 2 is 1.82 bits per heavy atom. The quantitative estimate of drug-likeness (QED) is 0.866. The third kappa shape index (κ3) is 3.73. The fraction of sp³-hybridized carbons (Fsp3) is 0.467. The number of rotatable bonds is 3. The minimum atomic E-state index is -0.512. The van der Waals surface area contributed by atoms with Crippen LogP contribution in [0.2, 0.25) is 0 Å². The Labute approximate surface area is 129 Å². The molecule has 1 aromatic rings. The first kappa shape index (κ1) is 16.2. The highest BCUT2D eigenvalue weighted by molar-refractivity contribution is 5.96. The zero-order valence-corrected chi connectivity index (χ0v) is 12.8. The Morgan fingerprint density at radius 3 is 2.41 bits per heavy atom. The molecule has 0 radical (unpaired) electrons. The number of anilines is 1. The molecule has 1 saturated heterocycles. The lowest BCUT2D eigenvalue weighted by molar-refractivity contribution is -0.124. The predicted octanol–water partition coefficient (Wildman–Crippen LogP) is 0.792. The predicted molar refractivity (Wildman–Crippen MR) is 82.2 cm³/mol. The third-order valence-electron chi connectivity index (χ3n) is 3.90. The van der Waals surface area contributed by atoms with E-state index in [1.165, 1.54) is 13.1 Å².